The number of hydrogen-bond donors (Lipinski definition) is 1. The van der Waals surface area contributed by atoms with Gasteiger partial charge in [-0.3, -0.25) is 0 Å². The number of hydrogen-bond acceptors (Lipinski definition) is 5. The third-order valence-electron chi connectivity index (χ3n) is 3.39. The van der Waals surface area contributed by atoms with Gasteiger partial charge in [0.2, 0.25) is 0 Å². The highest BCUT2D eigenvalue weighted by molar-refractivity contribution is 7.91. The standard InChI is InChI=1S/C14H24N2O3S2/c1-2-7-15-8-6-13-4-5-14(20-13)21(17,18)16-9-3-11-19-12-10-16/h4-5,15H,2-3,6-12H2,1H3. The highest BCUT2D eigenvalue weighted by atomic mass is 32.2. The van der Waals surface area contributed by atoms with Crippen LogP contribution in [0.15, 0.2) is 16.3 Å². The van der Waals surface area contributed by atoms with Crippen molar-refractivity contribution >= 4 is 21.4 Å². The number of nitrogens with zero attached hydrogens (tertiary/aromatic N) is 1. The smallest absolute Gasteiger partial charge is 0.252 e. The van der Waals surface area contributed by atoms with Gasteiger partial charge in [-0.1, -0.05) is 6.92 Å². The van der Waals surface area contributed by atoms with Gasteiger partial charge >= 0.3 is 0 Å². The van der Waals surface area contributed by atoms with E-state index in [9.17, 15) is 8.42 Å². The van der Waals surface area contributed by atoms with Crippen LogP contribution in [-0.2, 0) is 21.2 Å². The third kappa shape index (κ3) is 4.75. The molecule has 0 saturated carbocycles. The first kappa shape index (κ1) is 16.9. The number of nitrogens with one attached hydrogen (secondary N) is 1. The fourth-order valence-corrected chi connectivity index (χ4v) is 5.21. The molecule has 0 spiro atoms. The lowest BCUT2D eigenvalue weighted by atomic mass is 10.3. The Kier molecular flexibility index (Phi) is 6.63. The van der Waals surface area contributed by atoms with Gasteiger partial charge in [-0.05, 0) is 44.5 Å². The molecule has 1 aliphatic rings. The lowest BCUT2D eigenvalue weighted by molar-refractivity contribution is 0.148. The summed E-state index contributed by atoms with van der Waals surface area (Å²) in [4.78, 5) is 1.11. The molecule has 1 aromatic rings. The van der Waals surface area contributed by atoms with Crippen molar-refractivity contribution in [2.24, 2.45) is 0 Å². The lowest BCUT2D eigenvalue weighted by Crippen LogP contribution is -2.32. The molecule has 0 unspecified atom stereocenters. The van der Waals surface area contributed by atoms with Gasteiger partial charge in [-0.2, -0.15) is 4.31 Å². The average Bonchev–Trinajstić information content (AvgIpc) is 2.77. The van der Waals surface area contributed by atoms with Crippen molar-refractivity contribution in [1.29, 1.82) is 0 Å². The Hall–Kier alpha value is -0.470. The summed E-state index contributed by atoms with van der Waals surface area (Å²) in [6.45, 7) is 6.16. The van der Waals surface area contributed by atoms with Crippen LogP contribution in [0.25, 0.3) is 0 Å². The SMILES string of the molecule is CCCNCCc1ccc(S(=O)(=O)N2CCCOCC2)s1. The molecule has 0 radical (unpaired) electrons. The monoisotopic (exact) mass is 332 g/mol. The predicted molar refractivity (Wildman–Crippen MR) is 85.4 cm³/mol. The average molecular weight is 332 g/mol. The molecule has 0 atom stereocenters. The van der Waals surface area contributed by atoms with Crippen LogP contribution in [0.2, 0.25) is 0 Å². The molecule has 1 saturated heterocycles. The van der Waals surface area contributed by atoms with Crippen LogP contribution in [0.5, 0.6) is 0 Å². The zero-order valence-corrected chi connectivity index (χ0v) is 14.1. The molecule has 1 aromatic heterocycles. The van der Waals surface area contributed by atoms with E-state index in [0.717, 1.165) is 37.2 Å². The van der Waals surface area contributed by atoms with Crippen LogP contribution in [0, 0.1) is 0 Å². The van der Waals surface area contributed by atoms with Gasteiger partial charge in [0.25, 0.3) is 10.0 Å². The molecule has 2 heterocycles. The maximum absolute atomic E-state index is 12.6. The molecule has 1 N–H and O–H groups in total. The van der Waals surface area contributed by atoms with E-state index in [0.29, 0.717) is 30.5 Å². The molecule has 5 nitrogen and oxygen atoms in total. The van der Waals surface area contributed by atoms with Crippen LogP contribution in [0.3, 0.4) is 0 Å². The van der Waals surface area contributed by atoms with Crippen LogP contribution < -0.4 is 5.32 Å². The van der Waals surface area contributed by atoms with E-state index < -0.39 is 10.0 Å². The molecule has 1 fully saturated rings. The summed E-state index contributed by atoms with van der Waals surface area (Å²) in [7, 11) is -3.35. The van der Waals surface area contributed by atoms with E-state index in [1.54, 1.807) is 10.4 Å². The molecule has 21 heavy (non-hydrogen) atoms. The summed E-state index contributed by atoms with van der Waals surface area (Å²) in [5, 5.41) is 3.33. The minimum atomic E-state index is -3.35. The van der Waals surface area contributed by atoms with E-state index in [2.05, 4.69) is 12.2 Å². The van der Waals surface area contributed by atoms with Crippen LogP contribution in [0.1, 0.15) is 24.6 Å². The van der Waals surface area contributed by atoms with Crippen molar-refractivity contribution in [2.75, 3.05) is 39.4 Å². The summed E-state index contributed by atoms with van der Waals surface area (Å²) in [6.07, 6.45) is 2.75. The van der Waals surface area contributed by atoms with Gasteiger partial charge in [0, 0.05) is 24.6 Å². The summed E-state index contributed by atoms with van der Waals surface area (Å²) >= 11 is 1.39. The minimum Gasteiger partial charge on any atom is -0.380 e. The third-order valence-corrected chi connectivity index (χ3v) is 6.90. The van der Waals surface area contributed by atoms with Crippen molar-refractivity contribution in [3.8, 4) is 0 Å². The summed E-state index contributed by atoms with van der Waals surface area (Å²) in [5.41, 5.74) is 0. The fourth-order valence-electron chi connectivity index (χ4n) is 2.24. The zero-order valence-electron chi connectivity index (χ0n) is 12.5. The van der Waals surface area contributed by atoms with Gasteiger partial charge in [0.15, 0.2) is 0 Å². The molecule has 0 aromatic carbocycles. The molecular formula is C14H24N2O3S2. The normalized spacial score (nSPS) is 17.8. The molecule has 0 amide bonds. The van der Waals surface area contributed by atoms with Gasteiger partial charge in [0.05, 0.1) is 6.61 Å². The largest absolute Gasteiger partial charge is 0.380 e. The summed E-state index contributed by atoms with van der Waals surface area (Å²) < 4.78 is 32.5. The Morgan fingerprint density at radius 3 is 2.95 bits per heavy atom. The first-order chi connectivity index (χ1) is 10.1. The first-order valence-corrected chi connectivity index (χ1v) is 9.77. The quantitative estimate of drug-likeness (QED) is 0.772. The second kappa shape index (κ2) is 8.24. The van der Waals surface area contributed by atoms with E-state index in [4.69, 9.17) is 4.74 Å². The second-order valence-electron chi connectivity index (χ2n) is 5.09. The van der Waals surface area contributed by atoms with Gasteiger partial charge in [0.1, 0.15) is 4.21 Å². The Bertz CT molecular complexity index is 520. The Labute approximate surface area is 131 Å². The topological polar surface area (TPSA) is 58.6 Å². The molecule has 0 bridgehead atoms. The Morgan fingerprint density at radius 2 is 2.14 bits per heavy atom. The van der Waals surface area contributed by atoms with Crippen molar-refractivity contribution in [3.05, 3.63) is 17.0 Å². The number of rotatable bonds is 7. The number of sulfonamides is 1. The number of thiophene rings is 1. The molecular weight excluding hydrogens is 308 g/mol. The fraction of sp³-hybridized carbons (Fsp3) is 0.714. The van der Waals surface area contributed by atoms with Gasteiger partial charge in [-0.15, -0.1) is 11.3 Å². The summed E-state index contributed by atoms with van der Waals surface area (Å²) in [6, 6.07) is 3.67. The second-order valence-corrected chi connectivity index (χ2v) is 8.42. The Morgan fingerprint density at radius 1 is 1.29 bits per heavy atom. The highest BCUT2D eigenvalue weighted by Crippen LogP contribution is 2.25. The maximum Gasteiger partial charge on any atom is 0.252 e. The van der Waals surface area contributed by atoms with Crippen LogP contribution in [-0.4, -0.2) is 52.1 Å². The van der Waals surface area contributed by atoms with Crippen molar-refractivity contribution in [3.63, 3.8) is 0 Å². The van der Waals surface area contributed by atoms with Crippen LogP contribution >= 0.6 is 11.3 Å². The molecule has 1 aliphatic heterocycles. The Balaban J connectivity index is 1.98. The summed E-state index contributed by atoms with van der Waals surface area (Å²) in [5.74, 6) is 0. The zero-order chi connectivity index (χ0) is 15.1. The van der Waals surface area contributed by atoms with E-state index >= 15 is 0 Å². The molecule has 120 valence electrons. The van der Waals surface area contributed by atoms with E-state index in [1.807, 2.05) is 6.07 Å². The predicted octanol–water partition coefficient (Wildman–Crippen LogP) is 1.70. The van der Waals surface area contributed by atoms with Gasteiger partial charge < -0.3 is 10.1 Å². The first-order valence-electron chi connectivity index (χ1n) is 7.52. The maximum atomic E-state index is 12.6. The van der Waals surface area contributed by atoms with Crippen LogP contribution in [0.4, 0.5) is 0 Å². The van der Waals surface area contributed by atoms with E-state index in [-0.39, 0.29) is 0 Å². The molecule has 2 rings (SSSR count). The van der Waals surface area contributed by atoms with Crippen molar-refractivity contribution < 1.29 is 13.2 Å². The minimum absolute atomic E-state index is 0.452. The van der Waals surface area contributed by atoms with Crippen molar-refractivity contribution in [1.82, 2.24) is 9.62 Å². The molecule has 7 heteroatoms. The highest BCUT2D eigenvalue weighted by Gasteiger charge is 2.26. The number of ether oxygens (including phenoxy) is 1. The van der Waals surface area contributed by atoms with Gasteiger partial charge in [-0.25, -0.2) is 8.42 Å². The van der Waals surface area contributed by atoms with Crippen molar-refractivity contribution in [2.45, 2.75) is 30.4 Å². The van der Waals surface area contributed by atoms with E-state index in [1.165, 1.54) is 11.3 Å². The lowest BCUT2D eigenvalue weighted by Gasteiger charge is -2.17. The molecule has 0 aliphatic carbocycles.